The maximum atomic E-state index is 14.5. The third-order valence-electron chi connectivity index (χ3n) is 8.09. The molecule has 1 saturated heterocycles. The topological polar surface area (TPSA) is 154 Å². The van der Waals surface area contributed by atoms with Gasteiger partial charge in [0, 0.05) is 23.4 Å². The van der Waals surface area contributed by atoms with E-state index in [4.69, 9.17) is 21.1 Å². The predicted octanol–water partition coefficient (Wildman–Crippen LogP) is 2.93. The second-order valence-electron chi connectivity index (χ2n) is 11.0. The predicted molar refractivity (Wildman–Crippen MR) is 154 cm³/mol. The van der Waals surface area contributed by atoms with Crippen molar-refractivity contribution in [2.75, 3.05) is 18.6 Å². The highest BCUT2D eigenvalue weighted by molar-refractivity contribution is 6.31. The van der Waals surface area contributed by atoms with Crippen molar-refractivity contribution in [2.45, 2.75) is 75.2 Å². The third-order valence-corrected chi connectivity index (χ3v) is 8.31. The molecule has 0 radical (unpaired) electrons. The highest BCUT2D eigenvalue weighted by Gasteiger charge is 2.52. The highest BCUT2D eigenvalue weighted by Crippen LogP contribution is 2.37. The van der Waals surface area contributed by atoms with Crippen LogP contribution in [0.4, 0.5) is 10.1 Å². The van der Waals surface area contributed by atoms with E-state index in [0.717, 1.165) is 12.8 Å². The van der Waals surface area contributed by atoms with Crippen LogP contribution in [-0.4, -0.2) is 86.5 Å². The highest BCUT2D eigenvalue weighted by atomic mass is 35.5. The number of aryl methyl sites for hydroxylation is 1. The molecule has 2 aliphatic rings. The van der Waals surface area contributed by atoms with Gasteiger partial charge in [-0.1, -0.05) is 29.7 Å². The number of halogens is 2. The Balaban J connectivity index is 1.56. The van der Waals surface area contributed by atoms with E-state index in [1.54, 1.807) is 13.0 Å². The first-order chi connectivity index (χ1) is 20.6. The molecule has 0 bridgehead atoms. The van der Waals surface area contributed by atoms with E-state index in [1.165, 1.54) is 53.2 Å². The van der Waals surface area contributed by atoms with Crippen molar-refractivity contribution >= 4 is 23.2 Å². The minimum atomic E-state index is -1.38. The zero-order valence-electron chi connectivity index (χ0n) is 23.7. The molecule has 5 unspecified atom stereocenters. The smallest absolute Gasteiger partial charge is 0.259 e. The summed E-state index contributed by atoms with van der Waals surface area (Å²) in [7, 11) is 1.36. The van der Waals surface area contributed by atoms with Crippen molar-refractivity contribution < 1.29 is 34.0 Å². The van der Waals surface area contributed by atoms with Crippen LogP contribution in [0.1, 0.15) is 42.9 Å². The van der Waals surface area contributed by atoms with E-state index in [-0.39, 0.29) is 10.6 Å². The number of carbonyl (C=O) groups is 1. The number of anilines is 1. The van der Waals surface area contributed by atoms with Crippen molar-refractivity contribution in [3.05, 3.63) is 64.6 Å². The number of hydrogen-bond acceptors (Lipinski definition) is 9. The van der Waals surface area contributed by atoms with Crippen LogP contribution >= 0.6 is 11.6 Å². The molecule has 1 aromatic heterocycles. The molecule has 1 aliphatic carbocycles. The Bertz CT molecular complexity index is 1490. The van der Waals surface area contributed by atoms with Gasteiger partial charge in [-0.15, -0.1) is 5.10 Å². The summed E-state index contributed by atoms with van der Waals surface area (Å²) in [6.07, 6.45) is -1.91. The van der Waals surface area contributed by atoms with E-state index in [0.29, 0.717) is 35.3 Å². The Kier molecular flexibility index (Phi) is 9.41. The summed E-state index contributed by atoms with van der Waals surface area (Å²) in [5, 5.41) is 50.6. The molecule has 1 saturated carbocycles. The van der Waals surface area contributed by atoms with E-state index in [1.807, 2.05) is 6.07 Å². The molecule has 228 valence electrons. The lowest BCUT2D eigenvalue weighted by Gasteiger charge is -2.46. The average Bonchev–Trinajstić information content (AvgIpc) is 3.47. The number of aliphatic hydroxyl groups is 3. The summed E-state index contributed by atoms with van der Waals surface area (Å²) < 4.78 is 27.2. The summed E-state index contributed by atoms with van der Waals surface area (Å²) in [5.74, 6) is -1.05. The van der Waals surface area contributed by atoms with Crippen molar-refractivity contribution in [3.63, 3.8) is 0 Å². The maximum Gasteiger partial charge on any atom is 0.259 e. The van der Waals surface area contributed by atoms with Gasteiger partial charge in [-0.2, -0.15) is 5.26 Å². The monoisotopic (exact) mass is 613 g/mol. The lowest BCUT2D eigenvalue weighted by atomic mass is 9.88. The van der Waals surface area contributed by atoms with Crippen LogP contribution in [0, 0.1) is 24.1 Å². The molecule has 0 spiro atoms. The molecule has 1 aliphatic heterocycles. The van der Waals surface area contributed by atoms with Crippen molar-refractivity contribution in [1.82, 2.24) is 15.0 Å². The van der Waals surface area contributed by atoms with E-state index in [2.05, 4.69) is 10.3 Å². The molecule has 3 aromatic rings. The van der Waals surface area contributed by atoms with Crippen LogP contribution < -0.4 is 4.90 Å². The fraction of sp³-hybridized carbons (Fsp3) is 0.467. The van der Waals surface area contributed by atoms with Crippen LogP contribution in [0.25, 0.3) is 11.3 Å². The fourth-order valence-electron chi connectivity index (χ4n) is 6.09. The normalized spacial score (nSPS) is 27.4. The molecule has 2 heterocycles. The van der Waals surface area contributed by atoms with E-state index in [9.17, 15) is 29.8 Å². The van der Waals surface area contributed by atoms with Crippen molar-refractivity contribution in [2.24, 2.45) is 0 Å². The Hall–Kier alpha value is -3.44. The Morgan fingerprint density at radius 2 is 2.00 bits per heavy atom. The number of aliphatic hydroxyl groups excluding tert-OH is 3. The van der Waals surface area contributed by atoms with E-state index < -0.39 is 60.9 Å². The van der Waals surface area contributed by atoms with Crippen LogP contribution in [0.5, 0.6) is 0 Å². The SMILES string of the molecule is COC1C(C(=O)N(c2cc(Cl)cc(C#N)c2)[C@H]2CCCC[C@@H]2O)OC(CO)C(O)C1n1cc(-c2cc(C)cc(F)c2)nn1. The second kappa shape index (κ2) is 13.1. The number of aromatic nitrogens is 3. The fourth-order valence-corrected chi connectivity index (χ4v) is 6.32. The third kappa shape index (κ3) is 6.28. The van der Waals surface area contributed by atoms with Gasteiger partial charge in [0.1, 0.15) is 35.9 Å². The number of nitrogens with zero attached hydrogens (tertiary/aromatic N) is 5. The quantitative estimate of drug-likeness (QED) is 0.365. The van der Waals surface area contributed by atoms with Gasteiger partial charge in [0.15, 0.2) is 6.10 Å². The Morgan fingerprint density at radius 3 is 2.67 bits per heavy atom. The molecule has 13 heteroatoms. The van der Waals surface area contributed by atoms with Crippen LogP contribution in [-0.2, 0) is 14.3 Å². The molecule has 2 fully saturated rings. The number of methoxy groups -OCH3 is 1. The number of nitriles is 1. The first-order valence-corrected chi connectivity index (χ1v) is 14.4. The van der Waals surface area contributed by atoms with Gasteiger partial charge in [-0.25, -0.2) is 9.07 Å². The van der Waals surface area contributed by atoms with Gasteiger partial charge in [0.2, 0.25) is 0 Å². The number of carbonyl (C=O) groups excluding carboxylic acids is 1. The first-order valence-electron chi connectivity index (χ1n) is 14.0. The summed E-state index contributed by atoms with van der Waals surface area (Å²) in [6.45, 7) is 1.13. The molecule has 2 aromatic carbocycles. The molecule has 5 rings (SSSR count). The number of benzene rings is 2. The van der Waals surface area contributed by atoms with Crippen LogP contribution in [0.15, 0.2) is 42.6 Å². The van der Waals surface area contributed by atoms with Gasteiger partial charge in [0.05, 0.1) is 36.6 Å². The molecular formula is C30H33ClFN5O6. The number of ether oxygens (including phenoxy) is 2. The maximum absolute atomic E-state index is 14.5. The summed E-state index contributed by atoms with van der Waals surface area (Å²) in [4.78, 5) is 15.9. The number of rotatable bonds is 7. The molecule has 3 N–H and O–H groups in total. The van der Waals surface area contributed by atoms with Gasteiger partial charge in [-0.3, -0.25) is 4.79 Å². The van der Waals surface area contributed by atoms with Crippen LogP contribution in [0.3, 0.4) is 0 Å². The largest absolute Gasteiger partial charge is 0.394 e. The van der Waals surface area contributed by atoms with E-state index >= 15 is 0 Å². The molecule has 11 nitrogen and oxygen atoms in total. The summed E-state index contributed by atoms with van der Waals surface area (Å²) >= 11 is 6.32. The second-order valence-corrected chi connectivity index (χ2v) is 11.4. The van der Waals surface area contributed by atoms with Gasteiger partial charge in [-0.05, 0) is 61.7 Å². The average molecular weight is 614 g/mol. The van der Waals surface area contributed by atoms with Crippen molar-refractivity contribution in [1.29, 1.82) is 5.26 Å². The van der Waals surface area contributed by atoms with Gasteiger partial charge >= 0.3 is 0 Å². The number of hydrogen-bond donors (Lipinski definition) is 3. The minimum Gasteiger partial charge on any atom is -0.394 e. The molecular weight excluding hydrogens is 581 g/mol. The molecule has 43 heavy (non-hydrogen) atoms. The standard InChI is InChI=1S/C30H33ClFN5O6/c1-16-7-18(11-20(32)8-16)22-14-36(35-34-22)26-27(40)25(15-38)43-29(28(26)42-2)30(41)37(23-5-3-4-6-24(23)39)21-10-17(13-33)9-19(31)12-21/h7-12,14,23-29,38-40H,3-6,15H2,1-2H3/t23-,24-,25?,26?,27?,28?,29?/m0/s1. The van der Waals surface area contributed by atoms with Gasteiger partial charge in [0.25, 0.3) is 5.91 Å². The Morgan fingerprint density at radius 1 is 1.23 bits per heavy atom. The minimum absolute atomic E-state index is 0.225. The number of amides is 1. The zero-order chi connectivity index (χ0) is 30.8. The lowest BCUT2D eigenvalue weighted by Crippen LogP contribution is -2.63. The first kappa shape index (κ1) is 31.0. The molecule has 7 atom stereocenters. The molecule has 1 amide bonds. The van der Waals surface area contributed by atoms with Crippen molar-refractivity contribution in [3.8, 4) is 17.3 Å². The Labute approximate surface area is 253 Å². The zero-order valence-corrected chi connectivity index (χ0v) is 24.4. The summed E-state index contributed by atoms with van der Waals surface area (Å²) in [5.41, 5.74) is 2.00. The van der Waals surface area contributed by atoms with Crippen LogP contribution in [0.2, 0.25) is 5.02 Å². The van der Waals surface area contributed by atoms with Gasteiger partial charge < -0.3 is 29.7 Å². The lowest BCUT2D eigenvalue weighted by molar-refractivity contribution is -0.211. The summed E-state index contributed by atoms with van der Waals surface area (Å²) in [6, 6.07) is 9.28.